The van der Waals surface area contributed by atoms with Crippen LogP contribution in [0.1, 0.15) is 24.5 Å². The first-order valence-electron chi connectivity index (χ1n) is 5.22. The Hall–Kier alpha value is -2.28. The van der Waals surface area contributed by atoms with Gasteiger partial charge in [0.15, 0.2) is 0 Å². The topological polar surface area (TPSA) is 70.3 Å². The number of nitrogens with zero attached hydrogens (tertiary/aromatic N) is 1. The fourth-order valence-electron chi connectivity index (χ4n) is 1.26. The maximum Gasteiger partial charge on any atom is 0.309 e. The lowest BCUT2D eigenvalue weighted by molar-refractivity contribution is -0.142. The van der Waals surface area contributed by atoms with Crippen LogP contribution in [0.25, 0.3) is 6.08 Å². The van der Waals surface area contributed by atoms with Crippen molar-refractivity contribution in [3.63, 3.8) is 0 Å². The SMILES string of the molecule is CCOC(=O)CC=Cc1cc(C#N)ccc1O. The van der Waals surface area contributed by atoms with Gasteiger partial charge in [0.2, 0.25) is 0 Å². The lowest BCUT2D eigenvalue weighted by atomic mass is 10.1. The molecule has 1 aromatic rings. The van der Waals surface area contributed by atoms with Gasteiger partial charge < -0.3 is 9.84 Å². The van der Waals surface area contributed by atoms with E-state index < -0.39 is 0 Å². The van der Waals surface area contributed by atoms with Crippen molar-refractivity contribution in [1.82, 2.24) is 0 Å². The number of rotatable bonds is 4. The highest BCUT2D eigenvalue weighted by atomic mass is 16.5. The number of hydrogen-bond acceptors (Lipinski definition) is 4. The van der Waals surface area contributed by atoms with Crippen molar-refractivity contribution in [3.05, 3.63) is 35.4 Å². The second kappa shape index (κ2) is 6.33. The summed E-state index contributed by atoms with van der Waals surface area (Å²) in [6, 6.07) is 6.50. The maximum atomic E-state index is 11.1. The summed E-state index contributed by atoms with van der Waals surface area (Å²) in [4.78, 5) is 11.1. The molecule has 0 fully saturated rings. The predicted octanol–water partition coefficient (Wildman–Crippen LogP) is 2.23. The minimum absolute atomic E-state index is 0.0732. The fraction of sp³-hybridized carbons (Fsp3) is 0.231. The molecule has 0 saturated carbocycles. The van der Waals surface area contributed by atoms with E-state index in [-0.39, 0.29) is 18.1 Å². The van der Waals surface area contributed by atoms with Crippen LogP contribution in [0.15, 0.2) is 24.3 Å². The Morgan fingerprint density at radius 1 is 1.59 bits per heavy atom. The van der Waals surface area contributed by atoms with Crippen molar-refractivity contribution in [2.75, 3.05) is 6.61 Å². The van der Waals surface area contributed by atoms with Gasteiger partial charge in [0.05, 0.1) is 24.7 Å². The van der Waals surface area contributed by atoms with Crippen LogP contribution in [0.2, 0.25) is 0 Å². The van der Waals surface area contributed by atoms with E-state index >= 15 is 0 Å². The van der Waals surface area contributed by atoms with Gasteiger partial charge in [-0.05, 0) is 25.1 Å². The highest BCUT2D eigenvalue weighted by Gasteiger charge is 2.00. The molecule has 17 heavy (non-hydrogen) atoms. The summed E-state index contributed by atoms with van der Waals surface area (Å²) < 4.78 is 4.75. The fourth-order valence-corrected chi connectivity index (χ4v) is 1.26. The van der Waals surface area contributed by atoms with Gasteiger partial charge in [-0.25, -0.2) is 0 Å². The van der Waals surface area contributed by atoms with Crippen LogP contribution in [-0.2, 0) is 9.53 Å². The number of phenolic OH excluding ortho intramolecular Hbond substituents is 1. The molecule has 0 aliphatic rings. The number of aromatic hydroxyl groups is 1. The number of esters is 1. The predicted molar refractivity (Wildman–Crippen MR) is 63.1 cm³/mol. The standard InChI is InChI=1S/C13H13NO3/c1-2-17-13(16)5-3-4-11-8-10(9-14)6-7-12(11)15/h3-4,6-8,15H,2,5H2,1H3. The van der Waals surface area contributed by atoms with E-state index in [1.807, 2.05) is 6.07 Å². The molecule has 1 N–H and O–H groups in total. The number of phenols is 1. The molecule has 0 heterocycles. The van der Waals surface area contributed by atoms with Crippen molar-refractivity contribution in [2.45, 2.75) is 13.3 Å². The highest BCUT2D eigenvalue weighted by Crippen LogP contribution is 2.19. The van der Waals surface area contributed by atoms with E-state index in [1.54, 1.807) is 25.1 Å². The Bertz CT molecular complexity index is 472. The van der Waals surface area contributed by atoms with E-state index in [0.717, 1.165) is 0 Å². The molecule has 0 aromatic heterocycles. The zero-order valence-corrected chi connectivity index (χ0v) is 9.51. The van der Waals surface area contributed by atoms with Crippen molar-refractivity contribution < 1.29 is 14.6 Å². The molecule has 0 unspecified atom stereocenters. The molecule has 0 amide bonds. The summed E-state index contributed by atoms with van der Waals surface area (Å²) in [6.45, 7) is 2.09. The van der Waals surface area contributed by atoms with Crippen molar-refractivity contribution in [3.8, 4) is 11.8 Å². The summed E-state index contributed by atoms with van der Waals surface area (Å²) in [5, 5.41) is 18.2. The number of carbonyl (C=O) groups excluding carboxylic acids is 1. The van der Waals surface area contributed by atoms with Crippen LogP contribution in [0.3, 0.4) is 0 Å². The van der Waals surface area contributed by atoms with Gasteiger partial charge in [-0.3, -0.25) is 4.79 Å². The van der Waals surface area contributed by atoms with E-state index in [9.17, 15) is 9.90 Å². The molecule has 0 aliphatic carbocycles. The summed E-state index contributed by atoms with van der Waals surface area (Å²) in [7, 11) is 0. The molecule has 88 valence electrons. The molecule has 4 heteroatoms. The lowest BCUT2D eigenvalue weighted by Crippen LogP contribution is -2.01. The second-order valence-electron chi connectivity index (χ2n) is 3.30. The first-order chi connectivity index (χ1) is 8.17. The quantitative estimate of drug-likeness (QED) is 0.806. The lowest BCUT2D eigenvalue weighted by Gasteiger charge is -1.99. The molecule has 1 aromatic carbocycles. The molecule has 0 spiro atoms. The Labute approximate surface area is 99.8 Å². The Kier molecular flexibility index (Phi) is 4.77. The molecule has 0 aliphatic heterocycles. The minimum atomic E-state index is -0.320. The van der Waals surface area contributed by atoms with E-state index in [0.29, 0.717) is 17.7 Å². The van der Waals surface area contributed by atoms with Crippen LogP contribution < -0.4 is 0 Å². The van der Waals surface area contributed by atoms with Crippen LogP contribution >= 0.6 is 0 Å². The molecule has 4 nitrogen and oxygen atoms in total. The Balaban J connectivity index is 2.71. The summed E-state index contributed by atoms with van der Waals surface area (Å²) >= 11 is 0. The molecular formula is C13H13NO3. The number of benzene rings is 1. The van der Waals surface area contributed by atoms with Gasteiger partial charge in [0, 0.05) is 5.56 Å². The zero-order chi connectivity index (χ0) is 12.7. The third kappa shape index (κ3) is 3.99. The second-order valence-corrected chi connectivity index (χ2v) is 3.30. The Morgan fingerprint density at radius 3 is 3.00 bits per heavy atom. The van der Waals surface area contributed by atoms with E-state index in [2.05, 4.69) is 0 Å². The largest absolute Gasteiger partial charge is 0.507 e. The minimum Gasteiger partial charge on any atom is -0.507 e. The van der Waals surface area contributed by atoms with Crippen LogP contribution in [0, 0.1) is 11.3 Å². The maximum absolute atomic E-state index is 11.1. The first kappa shape index (κ1) is 12.8. The third-order valence-corrected chi connectivity index (χ3v) is 2.04. The van der Waals surface area contributed by atoms with Gasteiger partial charge >= 0.3 is 5.97 Å². The summed E-state index contributed by atoms with van der Waals surface area (Å²) in [6.07, 6.45) is 3.32. The van der Waals surface area contributed by atoms with Gasteiger partial charge in [0.1, 0.15) is 5.75 Å². The summed E-state index contributed by atoms with van der Waals surface area (Å²) in [5.41, 5.74) is 0.965. The van der Waals surface area contributed by atoms with E-state index in [4.69, 9.17) is 10.00 Å². The third-order valence-electron chi connectivity index (χ3n) is 2.04. The average Bonchev–Trinajstić information content (AvgIpc) is 2.32. The van der Waals surface area contributed by atoms with Gasteiger partial charge in [-0.2, -0.15) is 5.26 Å². The molecule has 1 rings (SSSR count). The molecule has 0 bridgehead atoms. The Morgan fingerprint density at radius 2 is 2.35 bits per heavy atom. The summed E-state index contributed by atoms with van der Waals surface area (Å²) in [5.74, 6) is -0.246. The molecule has 0 saturated heterocycles. The van der Waals surface area contributed by atoms with Crippen LogP contribution in [0.4, 0.5) is 0 Å². The van der Waals surface area contributed by atoms with Gasteiger partial charge in [-0.1, -0.05) is 12.2 Å². The number of carbonyl (C=O) groups is 1. The van der Waals surface area contributed by atoms with Crippen LogP contribution in [-0.4, -0.2) is 17.7 Å². The number of hydrogen-bond donors (Lipinski definition) is 1. The molecule has 0 atom stereocenters. The zero-order valence-electron chi connectivity index (χ0n) is 9.51. The van der Waals surface area contributed by atoms with E-state index in [1.165, 1.54) is 12.1 Å². The van der Waals surface area contributed by atoms with Crippen molar-refractivity contribution in [2.24, 2.45) is 0 Å². The van der Waals surface area contributed by atoms with Crippen LogP contribution in [0.5, 0.6) is 5.75 Å². The number of nitriles is 1. The number of ether oxygens (including phenoxy) is 1. The monoisotopic (exact) mass is 231 g/mol. The normalized spacial score (nSPS) is 10.1. The smallest absolute Gasteiger partial charge is 0.309 e. The first-order valence-corrected chi connectivity index (χ1v) is 5.22. The average molecular weight is 231 g/mol. The highest BCUT2D eigenvalue weighted by molar-refractivity contribution is 5.73. The van der Waals surface area contributed by atoms with Crippen molar-refractivity contribution in [1.29, 1.82) is 5.26 Å². The molecule has 0 radical (unpaired) electrons. The van der Waals surface area contributed by atoms with Gasteiger partial charge in [-0.15, -0.1) is 0 Å². The van der Waals surface area contributed by atoms with Gasteiger partial charge in [0.25, 0.3) is 0 Å². The van der Waals surface area contributed by atoms with Crippen molar-refractivity contribution >= 4 is 12.0 Å². The molecular weight excluding hydrogens is 218 g/mol.